The lowest BCUT2D eigenvalue weighted by molar-refractivity contribution is 0.0725. The molecule has 20 heavy (non-hydrogen) atoms. The molecule has 1 heterocycles. The number of rotatable bonds is 4. The van der Waals surface area contributed by atoms with Crippen molar-refractivity contribution < 1.29 is 18.3 Å². The first-order valence-corrected chi connectivity index (χ1v) is 6.64. The van der Waals surface area contributed by atoms with Crippen LogP contribution >= 0.6 is 0 Å². The molecule has 110 valence electrons. The minimum absolute atomic E-state index is 0.243. The molecule has 1 fully saturated rings. The molecule has 1 aliphatic heterocycles. The second-order valence-corrected chi connectivity index (χ2v) is 4.93. The molecule has 1 atom stereocenters. The van der Waals surface area contributed by atoms with Crippen LogP contribution in [-0.2, 0) is 4.74 Å². The standard InChI is InChI=1S/C14H18F2N2O2/c1-2-18(7-9-3-4-20-8-9)14(19)11-5-10(15)6-12(17)13(11)16/h5-6,9H,2-4,7-8,17H2,1H3. The third kappa shape index (κ3) is 3.07. The predicted octanol–water partition coefficient (Wildman–Crippen LogP) is 2.05. The van der Waals surface area contributed by atoms with Gasteiger partial charge in [0.2, 0.25) is 0 Å². The van der Waals surface area contributed by atoms with Crippen molar-refractivity contribution in [3.8, 4) is 0 Å². The fourth-order valence-electron chi connectivity index (χ4n) is 2.33. The van der Waals surface area contributed by atoms with Gasteiger partial charge < -0.3 is 15.4 Å². The van der Waals surface area contributed by atoms with Crippen molar-refractivity contribution >= 4 is 11.6 Å². The summed E-state index contributed by atoms with van der Waals surface area (Å²) in [4.78, 5) is 13.8. The fraction of sp³-hybridized carbons (Fsp3) is 0.500. The Labute approximate surface area is 116 Å². The number of nitrogens with zero attached hydrogens (tertiary/aromatic N) is 1. The number of hydrogen-bond donors (Lipinski definition) is 1. The minimum Gasteiger partial charge on any atom is -0.396 e. The van der Waals surface area contributed by atoms with Crippen molar-refractivity contribution in [3.63, 3.8) is 0 Å². The van der Waals surface area contributed by atoms with Gasteiger partial charge in [-0.25, -0.2) is 8.78 Å². The second-order valence-electron chi connectivity index (χ2n) is 4.93. The van der Waals surface area contributed by atoms with E-state index in [-0.39, 0.29) is 17.2 Å². The summed E-state index contributed by atoms with van der Waals surface area (Å²) in [6.45, 7) is 3.97. The van der Waals surface area contributed by atoms with Gasteiger partial charge in [-0.1, -0.05) is 0 Å². The van der Waals surface area contributed by atoms with Crippen molar-refractivity contribution in [2.24, 2.45) is 5.92 Å². The van der Waals surface area contributed by atoms with Crippen LogP contribution < -0.4 is 5.73 Å². The summed E-state index contributed by atoms with van der Waals surface area (Å²) in [5.41, 5.74) is 4.69. The maximum Gasteiger partial charge on any atom is 0.257 e. The number of hydrogen-bond acceptors (Lipinski definition) is 3. The maximum absolute atomic E-state index is 13.9. The fourth-order valence-corrected chi connectivity index (χ4v) is 2.33. The molecule has 1 aromatic carbocycles. The van der Waals surface area contributed by atoms with Crippen molar-refractivity contribution in [3.05, 3.63) is 29.3 Å². The van der Waals surface area contributed by atoms with E-state index in [2.05, 4.69) is 0 Å². The van der Waals surface area contributed by atoms with E-state index < -0.39 is 17.5 Å². The molecule has 0 radical (unpaired) electrons. The molecule has 6 heteroatoms. The number of nitrogens with two attached hydrogens (primary N) is 1. The Bertz CT molecular complexity index is 502. The highest BCUT2D eigenvalue weighted by molar-refractivity contribution is 5.95. The summed E-state index contributed by atoms with van der Waals surface area (Å²) in [6, 6.07) is 1.76. The zero-order valence-corrected chi connectivity index (χ0v) is 11.4. The van der Waals surface area contributed by atoms with E-state index in [1.54, 1.807) is 6.92 Å². The van der Waals surface area contributed by atoms with Gasteiger partial charge in [0.25, 0.3) is 5.91 Å². The van der Waals surface area contributed by atoms with Crippen LogP contribution in [0.15, 0.2) is 12.1 Å². The summed E-state index contributed by atoms with van der Waals surface area (Å²) in [7, 11) is 0. The molecule has 1 aromatic rings. The first-order chi connectivity index (χ1) is 9.52. The van der Waals surface area contributed by atoms with E-state index in [0.29, 0.717) is 26.3 Å². The highest BCUT2D eigenvalue weighted by atomic mass is 19.1. The van der Waals surface area contributed by atoms with Gasteiger partial charge in [-0.3, -0.25) is 4.79 Å². The molecule has 1 unspecified atom stereocenters. The molecule has 2 N–H and O–H groups in total. The van der Waals surface area contributed by atoms with E-state index in [1.807, 2.05) is 0 Å². The molecular formula is C14H18F2N2O2. The van der Waals surface area contributed by atoms with Gasteiger partial charge in [-0.15, -0.1) is 0 Å². The third-order valence-electron chi connectivity index (χ3n) is 3.47. The first kappa shape index (κ1) is 14.7. The molecule has 1 aliphatic rings. The lowest BCUT2D eigenvalue weighted by Gasteiger charge is -2.24. The lowest BCUT2D eigenvalue weighted by Crippen LogP contribution is -2.36. The highest BCUT2D eigenvalue weighted by Crippen LogP contribution is 2.21. The Morgan fingerprint density at radius 2 is 2.25 bits per heavy atom. The Balaban J connectivity index is 2.19. The Hall–Kier alpha value is -1.69. The van der Waals surface area contributed by atoms with Gasteiger partial charge in [-0.05, 0) is 25.5 Å². The van der Waals surface area contributed by atoms with Gasteiger partial charge in [0, 0.05) is 25.6 Å². The lowest BCUT2D eigenvalue weighted by atomic mass is 10.1. The van der Waals surface area contributed by atoms with Crippen molar-refractivity contribution in [1.29, 1.82) is 0 Å². The normalized spacial score (nSPS) is 18.2. The van der Waals surface area contributed by atoms with E-state index in [9.17, 15) is 13.6 Å². The SMILES string of the molecule is CCN(CC1CCOC1)C(=O)c1cc(F)cc(N)c1F. The molecule has 0 bridgehead atoms. The van der Waals surface area contributed by atoms with Crippen LogP contribution in [0, 0.1) is 17.6 Å². The average molecular weight is 284 g/mol. The molecular weight excluding hydrogens is 266 g/mol. The van der Waals surface area contributed by atoms with Crippen LogP contribution in [0.2, 0.25) is 0 Å². The summed E-state index contributed by atoms with van der Waals surface area (Å²) >= 11 is 0. The minimum atomic E-state index is -0.863. The van der Waals surface area contributed by atoms with E-state index in [4.69, 9.17) is 10.5 Å². The topological polar surface area (TPSA) is 55.6 Å². The first-order valence-electron chi connectivity index (χ1n) is 6.64. The molecule has 4 nitrogen and oxygen atoms in total. The number of carbonyl (C=O) groups excluding carboxylic acids is 1. The van der Waals surface area contributed by atoms with Crippen LogP contribution in [0.25, 0.3) is 0 Å². The number of ether oxygens (including phenoxy) is 1. The average Bonchev–Trinajstić information content (AvgIpc) is 2.92. The number of benzene rings is 1. The van der Waals surface area contributed by atoms with E-state index in [1.165, 1.54) is 4.90 Å². The summed E-state index contributed by atoms with van der Waals surface area (Å²) < 4.78 is 32.4. The van der Waals surface area contributed by atoms with Crippen LogP contribution in [0.5, 0.6) is 0 Å². The summed E-state index contributed by atoms with van der Waals surface area (Å²) in [6.07, 6.45) is 0.873. The van der Waals surface area contributed by atoms with Gasteiger partial charge in [0.1, 0.15) is 5.82 Å². The number of halogens is 2. The monoisotopic (exact) mass is 284 g/mol. The number of carbonyl (C=O) groups is 1. The maximum atomic E-state index is 13.9. The van der Waals surface area contributed by atoms with Crippen LogP contribution in [0.1, 0.15) is 23.7 Å². The van der Waals surface area contributed by atoms with Crippen molar-refractivity contribution in [2.75, 3.05) is 32.0 Å². The Kier molecular flexibility index (Phi) is 4.54. The van der Waals surface area contributed by atoms with Crippen LogP contribution in [-0.4, -0.2) is 37.1 Å². The number of nitrogen functional groups attached to an aromatic ring is 1. The second kappa shape index (κ2) is 6.17. The Morgan fingerprint density at radius 1 is 1.50 bits per heavy atom. The van der Waals surface area contributed by atoms with Crippen molar-refractivity contribution in [1.82, 2.24) is 4.90 Å². The summed E-state index contributed by atoms with van der Waals surface area (Å²) in [5, 5.41) is 0. The van der Waals surface area contributed by atoms with Gasteiger partial charge in [0.15, 0.2) is 5.82 Å². The quantitative estimate of drug-likeness (QED) is 0.861. The Morgan fingerprint density at radius 3 is 2.85 bits per heavy atom. The molecule has 0 aromatic heterocycles. The van der Waals surface area contributed by atoms with Gasteiger partial charge >= 0.3 is 0 Å². The van der Waals surface area contributed by atoms with Crippen molar-refractivity contribution in [2.45, 2.75) is 13.3 Å². The molecule has 0 aliphatic carbocycles. The van der Waals surface area contributed by atoms with Crippen LogP contribution in [0.3, 0.4) is 0 Å². The smallest absolute Gasteiger partial charge is 0.257 e. The predicted molar refractivity (Wildman–Crippen MR) is 71.3 cm³/mol. The highest BCUT2D eigenvalue weighted by Gasteiger charge is 2.25. The number of amides is 1. The van der Waals surface area contributed by atoms with Crippen LogP contribution in [0.4, 0.5) is 14.5 Å². The third-order valence-corrected chi connectivity index (χ3v) is 3.47. The zero-order valence-electron chi connectivity index (χ0n) is 11.4. The number of anilines is 1. The molecule has 0 spiro atoms. The van der Waals surface area contributed by atoms with E-state index in [0.717, 1.165) is 18.6 Å². The zero-order chi connectivity index (χ0) is 14.7. The molecule has 0 saturated carbocycles. The van der Waals surface area contributed by atoms with Gasteiger partial charge in [-0.2, -0.15) is 0 Å². The molecule has 1 amide bonds. The molecule has 1 saturated heterocycles. The van der Waals surface area contributed by atoms with Gasteiger partial charge in [0.05, 0.1) is 17.9 Å². The largest absolute Gasteiger partial charge is 0.396 e. The summed E-state index contributed by atoms with van der Waals surface area (Å²) in [5.74, 6) is -1.87. The molecule has 2 rings (SSSR count). The van der Waals surface area contributed by atoms with E-state index >= 15 is 0 Å².